The number of benzene rings is 2. The van der Waals surface area contributed by atoms with Crippen molar-refractivity contribution >= 4 is 28.5 Å². The minimum Gasteiger partial charge on any atom is -0.388 e. The summed E-state index contributed by atoms with van der Waals surface area (Å²) in [6.07, 6.45) is 0. The van der Waals surface area contributed by atoms with E-state index in [1.54, 1.807) is 43.4 Å². The molecule has 0 saturated carbocycles. The van der Waals surface area contributed by atoms with Gasteiger partial charge in [-0.15, -0.1) is 0 Å². The number of aliphatic imine (C=N–C) groups is 1. The molecule has 28 heavy (non-hydrogen) atoms. The zero-order valence-corrected chi connectivity index (χ0v) is 16.0. The van der Waals surface area contributed by atoms with Crippen LogP contribution in [0.15, 0.2) is 53.5 Å². The SMILES string of the molecule is CNc1ccc(F)c(C23COCC2(F)CSC(NC(=O)c2ccccc2)=N3)c1. The second-order valence-corrected chi connectivity index (χ2v) is 7.75. The van der Waals surface area contributed by atoms with Gasteiger partial charge in [-0.05, 0) is 30.3 Å². The van der Waals surface area contributed by atoms with Gasteiger partial charge in [0.15, 0.2) is 16.4 Å². The standard InChI is InChI=1S/C20H19F2N3O2S/c1-23-14-7-8-16(21)15(9-14)20-11-27-10-19(20,22)12-28-18(25-20)24-17(26)13-5-3-2-4-6-13/h2-9,23H,10-12H2,1H3,(H,24,25,26). The van der Waals surface area contributed by atoms with Crippen molar-refractivity contribution in [3.05, 3.63) is 65.5 Å². The number of carbonyl (C=O) groups excluding carboxylic acids is 1. The summed E-state index contributed by atoms with van der Waals surface area (Å²) in [5.74, 6) is -0.906. The second kappa shape index (κ2) is 7.18. The Labute approximate surface area is 165 Å². The lowest BCUT2D eigenvalue weighted by Crippen LogP contribution is -2.53. The molecule has 0 radical (unpaired) electrons. The number of carbonyl (C=O) groups is 1. The normalized spacial score (nSPS) is 26.3. The minimum absolute atomic E-state index is 0.00409. The highest BCUT2D eigenvalue weighted by Gasteiger charge is 2.61. The summed E-state index contributed by atoms with van der Waals surface area (Å²) < 4.78 is 36.0. The molecule has 2 heterocycles. The molecule has 1 saturated heterocycles. The topological polar surface area (TPSA) is 62.7 Å². The average molecular weight is 403 g/mol. The summed E-state index contributed by atoms with van der Waals surface area (Å²) >= 11 is 1.10. The lowest BCUT2D eigenvalue weighted by Gasteiger charge is -2.39. The third-order valence-corrected chi connectivity index (χ3v) is 6.14. The van der Waals surface area contributed by atoms with Gasteiger partial charge in [-0.2, -0.15) is 0 Å². The number of hydrogen-bond acceptors (Lipinski definition) is 5. The summed E-state index contributed by atoms with van der Waals surface area (Å²) in [5.41, 5.74) is -2.20. The van der Waals surface area contributed by atoms with Crippen LogP contribution in [0.4, 0.5) is 14.5 Å². The van der Waals surface area contributed by atoms with Crippen molar-refractivity contribution in [1.82, 2.24) is 5.32 Å². The largest absolute Gasteiger partial charge is 0.388 e. The molecule has 4 rings (SSSR count). The fraction of sp³-hybridized carbons (Fsp3) is 0.300. The van der Waals surface area contributed by atoms with Crippen molar-refractivity contribution in [2.24, 2.45) is 4.99 Å². The van der Waals surface area contributed by atoms with E-state index in [9.17, 15) is 9.18 Å². The summed E-state index contributed by atoms with van der Waals surface area (Å²) in [5, 5.41) is 5.91. The molecule has 1 amide bonds. The van der Waals surface area contributed by atoms with Crippen molar-refractivity contribution in [1.29, 1.82) is 0 Å². The summed E-state index contributed by atoms with van der Waals surface area (Å²) in [6.45, 7) is -0.272. The van der Waals surface area contributed by atoms with E-state index in [4.69, 9.17) is 4.74 Å². The van der Waals surface area contributed by atoms with Crippen LogP contribution < -0.4 is 10.6 Å². The molecule has 2 unspecified atom stereocenters. The molecule has 2 aromatic carbocycles. The van der Waals surface area contributed by atoms with E-state index in [2.05, 4.69) is 15.6 Å². The summed E-state index contributed by atoms with van der Waals surface area (Å²) in [4.78, 5) is 17.0. The highest BCUT2D eigenvalue weighted by Crippen LogP contribution is 2.50. The maximum atomic E-state index is 15.8. The molecular weight excluding hydrogens is 384 g/mol. The highest BCUT2D eigenvalue weighted by atomic mass is 32.2. The van der Waals surface area contributed by atoms with Crippen LogP contribution in [0.3, 0.4) is 0 Å². The third-order valence-electron chi connectivity index (χ3n) is 5.07. The Morgan fingerprint density at radius 1 is 1.21 bits per heavy atom. The Bertz CT molecular complexity index is 940. The van der Waals surface area contributed by atoms with Crippen LogP contribution in [-0.4, -0.2) is 42.8 Å². The maximum absolute atomic E-state index is 15.8. The fourth-order valence-electron chi connectivity index (χ4n) is 3.49. The lowest BCUT2D eigenvalue weighted by molar-refractivity contribution is 0.0971. The number of alkyl halides is 1. The number of nitrogens with one attached hydrogen (secondary N) is 2. The number of nitrogens with zero attached hydrogens (tertiary/aromatic N) is 1. The zero-order valence-electron chi connectivity index (χ0n) is 15.2. The van der Waals surface area contributed by atoms with Crippen molar-refractivity contribution < 1.29 is 18.3 Å². The number of amidine groups is 1. The molecular formula is C20H19F2N3O2S. The number of amides is 1. The molecule has 0 spiro atoms. The molecule has 0 aromatic heterocycles. The number of halogens is 2. The molecule has 2 aliphatic rings. The average Bonchev–Trinajstić information content (AvgIpc) is 3.06. The fourth-order valence-corrected chi connectivity index (χ4v) is 4.56. The summed E-state index contributed by atoms with van der Waals surface area (Å²) in [6, 6.07) is 13.1. The molecule has 2 aliphatic heterocycles. The van der Waals surface area contributed by atoms with Crippen molar-refractivity contribution in [2.45, 2.75) is 11.2 Å². The third kappa shape index (κ3) is 3.06. The van der Waals surface area contributed by atoms with Gasteiger partial charge in [-0.1, -0.05) is 30.0 Å². The van der Waals surface area contributed by atoms with E-state index in [1.807, 2.05) is 6.07 Å². The molecule has 0 aliphatic carbocycles. The van der Waals surface area contributed by atoms with E-state index in [0.29, 0.717) is 11.3 Å². The van der Waals surface area contributed by atoms with Crippen LogP contribution in [0.2, 0.25) is 0 Å². The van der Waals surface area contributed by atoms with Gasteiger partial charge < -0.3 is 15.4 Å². The Morgan fingerprint density at radius 2 is 2.00 bits per heavy atom. The molecule has 2 aromatic rings. The Morgan fingerprint density at radius 3 is 2.75 bits per heavy atom. The molecule has 8 heteroatoms. The Balaban J connectivity index is 1.75. The predicted octanol–water partition coefficient (Wildman–Crippen LogP) is 3.33. The van der Waals surface area contributed by atoms with E-state index >= 15 is 4.39 Å². The van der Waals surface area contributed by atoms with E-state index in [0.717, 1.165) is 11.8 Å². The molecule has 146 valence electrons. The van der Waals surface area contributed by atoms with Crippen LogP contribution >= 0.6 is 11.8 Å². The number of ether oxygens (including phenoxy) is 1. The van der Waals surface area contributed by atoms with Crippen molar-refractivity contribution in [3.63, 3.8) is 0 Å². The van der Waals surface area contributed by atoms with Crippen LogP contribution in [0, 0.1) is 5.82 Å². The van der Waals surface area contributed by atoms with Crippen LogP contribution in [0.5, 0.6) is 0 Å². The summed E-state index contributed by atoms with van der Waals surface area (Å²) in [7, 11) is 1.70. The van der Waals surface area contributed by atoms with E-state index in [-0.39, 0.29) is 35.6 Å². The number of rotatable bonds is 3. The first-order chi connectivity index (χ1) is 13.5. The number of hydrogen-bond donors (Lipinski definition) is 2. The van der Waals surface area contributed by atoms with Crippen molar-refractivity contribution in [3.8, 4) is 0 Å². The first-order valence-electron chi connectivity index (χ1n) is 8.81. The maximum Gasteiger partial charge on any atom is 0.257 e. The minimum atomic E-state index is -1.87. The first kappa shape index (κ1) is 18.9. The second-order valence-electron chi connectivity index (χ2n) is 6.79. The molecule has 2 N–H and O–H groups in total. The van der Waals surface area contributed by atoms with Gasteiger partial charge in [0.2, 0.25) is 0 Å². The van der Waals surface area contributed by atoms with Crippen molar-refractivity contribution in [2.75, 3.05) is 31.3 Å². The van der Waals surface area contributed by atoms with Crippen LogP contribution in [-0.2, 0) is 10.3 Å². The molecule has 2 atom stereocenters. The number of anilines is 1. The number of fused-ring (bicyclic) bond motifs is 1. The van der Waals surface area contributed by atoms with E-state index in [1.165, 1.54) is 6.07 Å². The molecule has 5 nitrogen and oxygen atoms in total. The Kier molecular flexibility index (Phi) is 4.84. The van der Waals surface area contributed by atoms with Gasteiger partial charge in [0.25, 0.3) is 5.91 Å². The monoisotopic (exact) mass is 403 g/mol. The quantitative estimate of drug-likeness (QED) is 0.825. The van der Waals surface area contributed by atoms with Crippen LogP contribution in [0.25, 0.3) is 0 Å². The van der Waals surface area contributed by atoms with Gasteiger partial charge in [-0.3, -0.25) is 4.79 Å². The van der Waals surface area contributed by atoms with Gasteiger partial charge >= 0.3 is 0 Å². The number of thioether (sulfide) groups is 1. The predicted molar refractivity (Wildman–Crippen MR) is 106 cm³/mol. The van der Waals surface area contributed by atoms with Gasteiger partial charge in [0.1, 0.15) is 5.82 Å². The van der Waals surface area contributed by atoms with Gasteiger partial charge in [0.05, 0.1) is 13.2 Å². The zero-order chi connectivity index (χ0) is 19.8. The molecule has 1 fully saturated rings. The smallest absolute Gasteiger partial charge is 0.257 e. The Hall–Kier alpha value is -2.45. The van der Waals surface area contributed by atoms with Gasteiger partial charge in [-0.25, -0.2) is 13.8 Å². The van der Waals surface area contributed by atoms with E-state index < -0.39 is 17.0 Å². The van der Waals surface area contributed by atoms with Gasteiger partial charge in [0, 0.05) is 29.6 Å². The lowest BCUT2D eigenvalue weighted by atomic mass is 9.79. The van der Waals surface area contributed by atoms with Crippen LogP contribution in [0.1, 0.15) is 15.9 Å². The highest BCUT2D eigenvalue weighted by molar-refractivity contribution is 8.14. The molecule has 0 bridgehead atoms. The first-order valence-corrected chi connectivity index (χ1v) is 9.79.